The van der Waals surface area contributed by atoms with Gasteiger partial charge in [0.2, 0.25) is 0 Å². The van der Waals surface area contributed by atoms with Gasteiger partial charge >= 0.3 is 5.97 Å². The van der Waals surface area contributed by atoms with Crippen LogP contribution >= 0.6 is 11.8 Å². The number of methoxy groups -OCH3 is 1. The monoisotopic (exact) mass is 430 g/mol. The Bertz CT molecular complexity index is 403. The normalized spacial score (nSPS) is 8.83. The molecule has 0 fully saturated rings. The first-order chi connectivity index (χ1) is 13.9. The van der Waals surface area contributed by atoms with Crippen molar-refractivity contribution >= 4 is 17.7 Å². The van der Waals surface area contributed by atoms with Gasteiger partial charge in [-0.2, -0.15) is 11.8 Å². The molecule has 0 aliphatic heterocycles. The molecule has 0 saturated carbocycles. The summed E-state index contributed by atoms with van der Waals surface area (Å²) in [5.41, 5.74) is 1.41. The smallest absolute Gasteiger partial charge is 0.307 e. The Morgan fingerprint density at radius 2 is 1.55 bits per heavy atom. The molecular weight excluding hydrogens is 384 g/mol. The summed E-state index contributed by atoms with van der Waals surface area (Å²) in [6.07, 6.45) is 7.01. The number of allylic oxidation sites excluding steroid dienone is 1. The molecule has 0 amide bonds. The third kappa shape index (κ3) is 52.0. The highest BCUT2D eigenvalue weighted by molar-refractivity contribution is 7.99. The fraction of sp³-hybridized carbons (Fsp3) is 0.625. The molecule has 2 N–H and O–H groups in total. The first-order valence-electron chi connectivity index (χ1n) is 10.5. The summed E-state index contributed by atoms with van der Waals surface area (Å²) in [5, 5.41) is 15.7. The highest BCUT2D eigenvalue weighted by Crippen LogP contribution is 1.98. The minimum atomic E-state index is -0.769. The molecule has 0 radical (unpaired) electrons. The number of carbonyl (C=O) groups is 1. The SMILES string of the molecule is CCC=CCC(=O)O.CCCSCC.CCO.CCOC.CCc1ccccc1. The van der Waals surface area contributed by atoms with Gasteiger partial charge in [0.05, 0.1) is 6.42 Å². The Balaban J connectivity index is -0.000000141. The predicted molar refractivity (Wildman–Crippen MR) is 131 cm³/mol. The number of aryl methyl sites for hydroxylation is 1. The lowest BCUT2D eigenvalue weighted by Crippen LogP contribution is -1.89. The van der Waals surface area contributed by atoms with Gasteiger partial charge in [0.25, 0.3) is 0 Å². The van der Waals surface area contributed by atoms with Crippen LogP contribution in [0.3, 0.4) is 0 Å². The standard InChI is InChI=1S/C8H10.C6H10O2.C5H12S.C3H8O.C2H6O/c1-2-8-6-4-3-5-7-8;1-2-3-4-5-6(7)8;1-3-5-6-4-2;1-3-4-2;1-2-3/h3-7H,2H2,1H3;3-4H,2,5H2,1H3,(H,7,8);3-5H2,1-2H3;3H2,1-2H3;3H,2H2,1H3. The zero-order valence-corrected chi connectivity index (χ0v) is 20.6. The van der Waals surface area contributed by atoms with E-state index in [4.69, 9.17) is 10.2 Å². The second kappa shape index (κ2) is 37.5. The van der Waals surface area contributed by atoms with Gasteiger partial charge in [0.1, 0.15) is 0 Å². The summed E-state index contributed by atoms with van der Waals surface area (Å²) < 4.78 is 4.54. The maximum absolute atomic E-state index is 9.82. The molecular formula is C24H46O4S. The van der Waals surface area contributed by atoms with Crippen molar-refractivity contribution in [1.82, 2.24) is 0 Å². The summed E-state index contributed by atoms with van der Waals surface area (Å²) in [5.74, 6) is 1.83. The molecule has 0 aromatic heterocycles. The Morgan fingerprint density at radius 3 is 1.79 bits per heavy atom. The van der Waals surface area contributed by atoms with E-state index in [0.717, 1.165) is 19.4 Å². The lowest BCUT2D eigenvalue weighted by Gasteiger charge is -1.89. The Morgan fingerprint density at radius 1 is 1.03 bits per heavy atom. The number of carboxylic acid groups (broad SMARTS) is 1. The van der Waals surface area contributed by atoms with Crippen LogP contribution in [-0.2, 0) is 16.0 Å². The van der Waals surface area contributed by atoms with Crippen LogP contribution < -0.4 is 0 Å². The number of thioether (sulfide) groups is 1. The van der Waals surface area contributed by atoms with Crippen molar-refractivity contribution in [3.8, 4) is 0 Å². The molecule has 0 atom stereocenters. The van der Waals surface area contributed by atoms with Gasteiger partial charge in [-0.1, -0.05) is 70.2 Å². The third-order valence-electron chi connectivity index (χ3n) is 2.79. The van der Waals surface area contributed by atoms with E-state index in [1.54, 1.807) is 20.1 Å². The lowest BCUT2D eigenvalue weighted by atomic mass is 10.2. The van der Waals surface area contributed by atoms with E-state index >= 15 is 0 Å². The number of benzene rings is 1. The molecule has 0 heterocycles. The van der Waals surface area contributed by atoms with Crippen LogP contribution in [0, 0.1) is 0 Å². The fourth-order valence-electron chi connectivity index (χ4n) is 1.35. The van der Waals surface area contributed by atoms with Crippen molar-refractivity contribution in [2.45, 2.75) is 67.2 Å². The Labute approximate surface area is 184 Å². The molecule has 0 unspecified atom stereocenters. The van der Waals surface area contributed by atoms with Crippen molar-refractivity contribution in [2.24, 2.45) is 0 Å². The Kier molecular flexibility index (Phi) is 45.4. The summed E-state index contributed by atoms with van der Waals surface area (Å²) >= 11 is 2.01. The lowest BCUT2D eigenvalue weighted by molar-refractivity contribution is -0.136. The van der Waals surface area contributed by atoms with Crippen LogP contribution in [0.25, 0.3) is 0 Å². The van der Waals surface area contributed by atoms with Gasteiger partial charge in [0.15, 0.2) is 0 Å². The van der Waals surface area contributed by atoms with E-state index in [0.29, 0.717) is 0 Å². The summed E-state index contributed by atoms with van der Waals surface area (Å²) in [7, 11) is 1.68. The third-order valence-corrected chi connectivity index (χ3v) is 3.89. The largest absolute Gasteiger partial charge is 0.481 e. The molecule has 1 rings (SSSR count). The molecule has 5 heteroatoms. The van der Waals surface area contributed by atoms with E-state index in [1.807, 2.05) is 37.8 Å². The highest BCUT2D eigenvalue weighted by atomic mass is 32.2. The van der Waals surface area contributed by atoms with Crippen molar-refractivity contribution in [3.05, 3.63) is 48.0 Å². The van der Waals surface area contributed by atoms with Crippen LogP contribution in [0.4, 0.5) is 0 Å². The van der Waals surface area contributed by atoms with E-state index in [1.165, 1.54) is 23.5 Å². The first-order valence-corrected chi connectivity index (χ1v) is 11.7. The number of carboxylic acids is 1. The minimum Gasteiger partial charge on any atom is -0.481 e. The Hall–Kier alpha value is -1.30. The fourth-order valence-corrected chi connectivity index (χ4v) is 1.93. The second-order valence-corrected chi connectivity index (χ2v) is 6.80. The number of aliphatic carboxylic acids is 1. The molecule has 1 aromatic carbocycles. The molecule has 29 heavy (non-hydrogen) atoms. The van der Waals surface area contributed by atoms with Crippen LogP contribution in [0.15, 0.2) is 42.5 Å². The summed E-state index contributed by atoms with van der Waals surface area (Å²) in [4.78, 5) is 9.82. The molecule has 4 nitrogen and oxygen atoms in total. The van der Waals surface area contributed by atoms with Gasteiger partial charge < -0.3 is 14.9 Å². The maximum Gasteiger partial charge on any atom is 0.307 e. The zero-order chi connectivity index (χ0) is 23.2. The average Bonchev–Trinajstić information content (AvgIpc) is 2.74. The summed E-state index contributed by atoms with van der Waals surface area (Å²) in [6, 6.07) is 10.5. The topological polar surface area (TPSA) is 66.8 Å². The molecule has 0 spiro atoms. The van der Waals surface area contributed by atoms with Crippen molar-refractivity contribution in [2.75, 3.05) is 31.8 Å². The van der Waals surface area contributed by atoms with Gasteiger partial charge in [-0.3, -0.25) is 4.79 Å². The maximum atomic E-state index is 9.82. The highest BCUT2D eigenvalue weighted by Gasteiger charge is 1.86. The molecule has 0 aliphatic rings. The number of aliphatic hydroxyl groups excluding tert-OH is 1. The number of aliphatic hydroxyl groups is 1. The quantitative estimate of drug-likeness (QED) is 0.365. The minimum absolute atomic E-state index is 0.147. The van der Waals surface area contributed by atoms with Crippen LogP contribution in [0.1, 0.15) is 66.4 Å². The van der Waals surface area contributed by atoms with Crippen molar-refractivity contribution in [3.63, 3.8) is 0 Å². The molecule has 0 aliphatic carbocycles. The van der Waals surface area contributed by atoms with Crippen molar-refractivity contribution < 1.29 is 19.7 Å². The molecule has 0 saturated heterocycles. The number of ether oxygens (including phenoxy) is 1. The second-order valence-electron chi connectivity index (χ2n) is 5.41. The van der Waals surface area contributed by atoms with Gasteiger partial charge in [-0.25, -0.2) is 0 Å². The first kappa shape index (κ1) is 35.2. The number of hydrogen-bond donors (Lipinski definition) is 2. The van der Waals surface area contributed by atoms with Crippen LogP contribution in [0.5, 0.6) is 0 Å². The van der Waals surface area contributed by atoms with E-state index in [2.05, 4.69) is 49.8 Å². The average molecular weight is 431 g/mol. The van der Waals surface area contributed by atoms with Gasteiger partial charge in [-0.05, 0) is 50.2 Å². The summed E-state index contributed by atoms with van der Waals surface area (Å²) in [6.45, 7) is 13.2. The molecule has 172 valence electrons. The number of rotatable bonds is 8. The van der Waals surface area contributed by atoms with Crippen LogP contribution in [-0.4, -0.2) is 48.0 Å². The molecule has 0 bridgehead atoms. The molecule has 1 aromatic rings. The van der Waals surface area contributed by atoms with Crippen molar-refractivity contribution in [1.29, 1.82) is 0 Å². The zero-order valence-electron chi connectivity index (χ0n) is 19.8. The van der Waals surface area contributed by atoms with Gasteiger partial charge in [0, 0.05) is 20.3 Å². The van der Waals surface area contributed by atoms with E-state index in [-0.39, 0.29) is 13.0 Å². The van der Waals surface area contributed by atoms with E-state index < -0.39 is 5.97 Å². The predicted octanol–water partition coefficient (Wildman–Crippen LogP) is 6.48. The van der Waals surface area contributed by atoms with E-state index in [9.17, 15) is 4.79 Å². The van der Waals surface area contributed by atoms with Crippen LogP contribution in [0.2, 0.25) is 0 Å². The number of hydrogen-bond acceptors (Lipinski definition) is 4. The van der Waals surface area contributed by atoms with Gasteiger partial charge in [-0.15, -0.1) is 0 Å².